The van der Waals surface area contributed by atoms with E-state index < -0.39 is 8.56 Å². The highest BCUT2D eigenvalue weighted by Crippen LogP contribution is 2.15. The summed E-state index contributed by atoms with van der Waals surface area (Å²) in [6.45, 7) is 12.2. The van der Waals surface area contributed by atoms with Crippen LogP contribution in [0.1, 0.15) is 40.0 Å². The molecule has 0 aromatic rings. The second-order valence-electron chi connectivity index (χ2n) is 4.21. The zero-order valence-corrected chi connectivity index (χ0v) is 12.5. The Bertz CT molecular complexity index is 150. The third-order valence-electron chi connectivity index (χ3n) is 2.59. The maximum atomic E-state index is 5.79. The Labute approximate surface area is 102 Å². The Morgan fingerprint density at radius 2 is 1.50 bits per heavy atom. The van der Waals surface area contributed by atoms with E-state index in [-0.39, 0.29) is 0 Å². The molecule has 4 heteroatoms. The molecule has 0 radical (unpaired) electrons. The van der Waals surface area contributed by atoms with Crippen molar-refractivity contribution in [2.75, 3.05) is 26.3 Å². The van der Waals surface area contributed by atoms with Crippen LogP contribution in [0.3, 0.4) is 0 Å². The van der Waals surface area contributed by atoms with E-state index in [0.29, 0.717) is 0 Å². The SMILES string of the molecule is CCCCNCCC[Si](C)(OCC)OCC. The maximum absolute atomic E-state index is 5.79. The molecule has 3 nitrogen and oxygen atoms in total. The zero-order chi connectivity index (χ0) is 12.3. The van der Waals surface area contributed by atoms with Gasteiger partial charge in [0.25, 0.3) is 0 Å². The van der Waals surface area contributed by atoms with E-state index in [9.17, 15) is 0 Å². The van der Waals surface area contributed by atoms with Crippen LogP contribution < -0.4 is 5.32 Å². The van der Waals surface area contributed by atoms with E-state index in [1.165, 1.54) is 12.8 Å². The molecule has 0 rings (SSSR count). The predicted octanol–water partition coefficient (Wildman–Crippen LogP) is 2.91. The van der Waals surface area contributed by atoms with Gasteiger partial charge in [-0.2, -0.15) is 0 Å². The Morgan fingerprint density at radius 1 is 0.938 bits per heavy atom. The fourth-order valence-corrected chi connectivity index (χ4v) is 4.17. The summed E-state index contributed by atoms with van der Waals surface area (Å²) in [5.41, 5.74) is 0. The lowest BCUT2D eigenvalue weighted by Crippen LogP contribution is -2.39. The Hall–Kier alpha value is 0.0969. The van der Waals surface area contributed by atoms with Crippen LogP contribution in [-0.2, 0) is 8.85 Å². The smallest absolute Gasteiger partial charge is 0.334 e. The van der Waals surface area contributed by atoms with Crippen LogP contribution in [0.4, 0.5) is 0 Å². The van der Waals surface area contributed by atoms with Crippen LogP contribution in [0, 0.1) is 0 Å². The molecule has 0 aromatic carbocycles. The molecule has 0 atom stereocenters. The van der Waals surface area contributed by atoms with Gasteiger partial charge in [0, 0.05) is 13.2 Å². The number of hydrogen-bond acceptors (Lipinski definition) is 3. The molecule has 0 unspecified atom stereocenters. The van der Waals surface area contributed by atoms with Crippen molar-refractivity contribution in [1.29, 1.82) is 0 Å². The molecule has 0 spiro atoms. The van der Waals surface area contributed by atoms with E-state index in [2.05, 4.69) is 18.8 Å². The second kappa shape index (κ2) is 10.3. The van der Waals surface area contributed by atoms with Crippen LogP contribution in [0.5, 0.6) is 0 Å². The molecule has 1 N–H and O–H groups in total. The van der Waals surface area contributed by atoms with Crippen molar-refractivity contribution in [3.8, 4) is 0 Å². The lowest BCUT2D eigenvalue weighted by atomic mass is 10.3. The van der Waals surface area contributed by atoms with Gasteiger partial charge in [-0.15, -0.1) is 0 Å². The average Bonchev–Trinajstić information content (AvgIpc) is 2.24. The lowest BCUT2D eigenvalue weighted by molar-refractivity contribution is 0.188. The van der Waals surface area contributed by atoms with Gasteiger partial charge in [-0.1, -0.05) is 13.3 Å². The van der Waals surface area contributed by atoms with Gasteiger partial charge in [-0.05, 0) is 52.4 Å². The first-order valence-corrected chi connectivity index (χ1v) is 9.19. The highest BCUT2D eigenvalue weighted by atomic mass is 28.4. The van der Waals surface area contributed by atoms with Crippen molar-refractivity contribution in [3.05, 3.63) is 0 Å². The van der Waals surface area contributed by atoms with Crippen molar-refractivity contribution in [3.63, 3.8) is 0 Å². The van der Waals surface area contributed by atoms with Crippen LogP contribution in [0.25, 0.3) is 0 Å². The van der Waals surface area contributed by atoms with Gasteiger partial charge in [0.05, 0.1) is 0 Å². The average molecular weight is 247 g/mol. The van der Waals surface area contributed by atoms with Crippen molar-refractivity contribution < 1.29 is 8.85 Å². The molecule has 0 heterocycles. The fraction of sp³-hybridized carbons (Fsp3) is 1.00. The van der Waals surface area contributed by atoms with E-state index in [1.807, 2.05) is 13.8 Å². The van der Waals surface area contributed by atoms with Gasteiger partial charge in [-0.25, -0.2) is 0 Å². The van der Waals surface area contributed by atoms with Crippen LogP contribution in [-0.4, -0.2) is 34.9 Å². The first-order valence-electron chi connectivity index (χ1n) is 6.67. The van der Waals surface area contributed by atoms with Crippen molar-refractivity contribution in [2.24, 2.45) is 0 Å². The van der Waals surface area contributed by atoms with E-state index >= 15 is 0 Å². The molecule has 0 aliphatic carbocycles. The summed E-state index contributed by atoms with van der Waals surface area (Å²) in [6.07, 6.45) is 3.69. The lowest BCUT2D eigenvalue weighted by Gasteiger charge is -2.25. The molecule has 98 valence electrons. The highest BCUT2D eigenvalue weighted by molar-refractivity contribution is 6.66. The highest BCUT2D eigenvalue weighted by Gasteiger charge is 2.29. The van der Waals surface area contributed by atoms with Gasteiger partial charge in [0.1, 0.15) is 0 Å². The number of rotatable bonds is 11. The molecule has 0 bridgehead atoms. The second-order valence-corrected chi connectivity index (χ2v) is 7.55. The first-order chi connectivity index (χ1) is 7.68. The van der Waals surface area contributed by atoms with E-state index in [1.54, 1.807) is 0 Å². The van der Waals surface area contributed by atoms with Crippen molar-refractivity contribution >= 4 is 8.56 Å². The predicted molar refractivity (Wildman–Crippen MR) is 72.1 cm³/mol. The van der Waals surface area contributed by atoms with Gasteiger partial charge < -0.3 is 14.2 Å². The molecule has 0 aliphatic heterocycles. The molecule has 16 heavy (non-hydrogen) atoms. The minimum atomic E-state index is -1.86. The zero-order valence-electron chi connectivity index (χ0n) is 11.5. The van der Waals surface area contributed by atoms with Gasteiger partial charge in [-0.3, -0.25) is 0 Å². The standard InChI is InChI=1S/C12H29NO2Si/c1-5-8-10-13-11-9-12-16(4,14-6-2)15-7-3/h13H,5-12H2,1-4H3. The summed E-state index contributed by atoms with van der Waals surface area (Å²) in [5, 5.41) is 3.45. The first kappa shape index (κ1) is 16.1. The summed E-state index contributed by atoms with van der Waals surface area (Å²) >= 11 is 0. The summed E-state index contributed by atoms with van der Waals surface area (Å²) in [6, 6.07) is 1.09. The molecule has 0 saturated heterocycles. The van der Waals surface area contributed by atoms with Gasteiger partial charge in [0.15, 0.2) is 0 Å². The molecular weight excluding hydrogens is 218 g/mol. The summed E-state index contributed by atoms with van der Waals surface area (Å²) in [4.78, 5) is 0. The molecule has 0 fully saturated rings. The van der Waals surface area contributed by atoms with Crippen LogP contribution in [0.15, 0.2) is 0 Å². The molecule has 0 amide bonds. The molecule has 0 aromatic heterocycles. The summed E-state index contributed by atoms with van der Waals surface area (Å²) in [7, 11) is -1.86. The monoisotopic (exact) mass is 247 g/mol. The fourth-order valence-electron chi connectivity index (χ4n) is 1.76. The topological polar surface area (TPSA) is 30.5 Å². The van der Waals surface area contributed by atoms with E-state index in [4.69, 9.17) is 8.85 Å². The minimum absolute atomic E-state index is 0.770. The van der Waals surface area contributed by atoms with Crippen LogP contribution >= 0.6 is 0 Å². The summed E-state index contributed by atoms with van der Waals surface area (Å²) in [5.74, 6) is 0. The Kier molecular flexibility index (Phi) is 10.3. The van der Waals surface area contributed by atoms with Crippen molar-refractivity contribution in [1.82, 2.24) is 5.32 Å². The van der Waals surface area contributed by atoms with Crippen LogP contribution in [0.2, 0.25) is 12.6 Å². The number of unbranched alkanes of at least 4 members (excludes halogenated alkanes) is 1. The molecule has 0 saturated carbocycles. The summed E-state index contributed by atoms with van der Waals surface area (Å²) < 4.78 is 11.6. The maximum Gasteiger partial charge on any atom is 0.334 e. The number of hydrogen-bond donors (Lipinski definition) is 1. The van der Waals surface area contributed by atoms with E-state index in [0.717, 1.165) is 38.8 Å². The quantitative estimate of drug-likeness (QED) is 0.450. The number of nitrogens with one attached hydrogen (secondary N) is 1. The third-order valence-corrected chi connectivity index (χ3v) is 5.65. The van der Waals surface area contributed by atoms with Crippen molar-refractivity contribution in [2.45, 2.75) is 52.6 Å². The molecule has 0 aliphatic rings. The normalized spacial score (nSPS) is 12.0. The Balaban J connectivity index is 3.59. The largest absolute Gasteiger partial charge is 0.395 e. The molecular formula is C12H29NO2Si. The Morgan fingerprint density at radius 3 is 2.00 bits per heavy atom. The minimum Gasteiger partial charge on any atom is -0.395 e. The van der Waals surface area contributed by atoms with Gasteiger partial charge >= 0.3 is 8.56 Å². The van der Waals surface area contributed by atoms with Gasteiger partial charge in [0.2, 0.25) is 0 Å². The third kappa shape index (κ3) is 8.27.